The molecule has 3 rings (SSSR count). The van der Waals surface area contributed by atoms with Gasteiger partial charge in [0.1, 0.15) is 0 Å². The summed E-state index contributed by atoms with van der Waals surface area (Å²) in [5, 5.41) is 14.9. The van der Waals surface area contributed by atoms with E-state index < -0.39 is 0 Å². The number of aromatic amines is 1. The molecule has 0 bridgehead atoms. The molecule has 0 saturated heterocycles. The van der Waals surface area contributed by atoms with E-state index in [1.807, 2.05) is 80.6 Å². The van der Waals surface area contributed by atoms with Crippen molar-refractivity contribution in [2.75, 3.05) is 0 Å². The highest BCUT2D eigenvalue weighted by Crippen LogP contribution is 2.16. The molecule has 106 valence electrons. The molecule has 1 heterocycles. The van der Waals surface area contributed by atoms with E-state index in [2.05, 4.69) is 20.4 Å². The number of H-pyrrole nitrogens is 1. The Morgan fingerprint density at radius 3 is 1.52 bits per heavy atom. The van der Waals surface area contributed by atoms with Gasteiger partial charge in [-0.25, -0.2) is 0 Å². The number of hydrogen-bond acceptors (Lipinski definition) is 3. The quantitative estimate of drug-likeness (QED) is 0.649. The van der Waals surface area contributed by atoms with E-state index in [1.54, 1.807) is 0 Å². The van der Waals surface area contributed by atoms with E-state index >= 15 is 0 Å². The van der Waals surface area contributed by atoms with E-state index in [-0.39, 0.29) is 0 Å². The Balaban J connectivity index is 0.000000194. The molecule has 2 aromatic carbocycles. The lowest BCUT2D eigenvalue weighted by molar-refractivity contribution is 1.02. The van der Waals surface area contributed by atoms with Crippen LogP contribution in [0.25, 0.3) is 0 Å². The van der Waals surface area contributed by atoms with Gasteiger partial charge in [0, 0.05) is 5.69 Å². The number of rotatable bonds is 2. The van der Waals surface area contributed by atoms with Crippen molar-refractivity contribution in [3.63, 3.8) is 0 Å². The second kappa shape index (κ2) is 7.75. The zero-order valence-electron chi connectivity index (χ0n) is 12.2. The van der Waals surface area contributed by atoms with Crippen molar-refractivity contribution < 1.29 is 0 Å². The smallest absolute Gasteiger partial charge is 0.0857 e. The molecule has 0 atom stereocenters. The monoisotopic (exact) mass is 278 g/mol. The Morgan fingerprint density at radius 1 is 0.762 bits per heavy atom. The van der Waals surface area contributed by atoms with Crippen molar-refractivity contribution in [2.45, 2.75) is 13.8 Å². The van der Waals surface area contributed by atoms with Gasteiger partial charge in [0.05, 0.1) is 17.1 Å². The van der Waals surface area contributed by atoms with Crippen molar-refractivity contribution in [1.29, 1.82) is 0 Å². The zero-order valence-corrected chi connectivity index (χ0v) is 12.2. The van der Waals surface area contributed by atoms with Crippen LogP contribution in [0, 0.1) is 13.8 Å². The summed E-state index contributed by atoms with van der Waals surface area (Å²) in [6, 6.07) is 21.4. The molecule has 0 aliphatic heterocycles. The Kier molecular flexibility index (Phi) is 5.41. The van der Waals surface area contributed by atoms with Gasteiger partial charge < -0.3 is 0 Å². The maximum absolute atomic E-state index is 4.10. The van der Waals surface area contributed by atoms with Crippen LogP contribution in [0.5, 0.6) is 0 Å². The number of hydrogen-bond donors (Lipinski definition) is 1. The van der Waals surface area contributed by atoms with E-state index in [0.717, 1.165) is 22.8 Å². The van der Waals surface area contributed by atoms with Crippen LogP contribution in [0.15, 0.2) is 77.0 Å². The summed E-state index contributed by atoms with van der Waals surface area (Å²) in [5.41, 5.74) is 3.92. The van der Waals surface area contributed by atoms with Crippen LogP contribution in [-0.2, 0) is 0 Å². The minimum absolute atomic E-state index is 0.872. The number of azo groups is 1. The molecule has 0 aliphatic carbocycles. The van der Waals surface area contributed by atoms with Crippen LogP contribution in [0.1, 0.15) is 11.4 Å². The van der Waals surface area contributed by atoms with Gasteiger partial charge in [0.2, 0.25) is 0 Å². The summed E-state index contributed by atoms with van der Waals surface area (Å²) in [7, 11) is 0. The molecule has 21 heavy (non-hydrogen) atoms. The van der Waals surface area contributed by atoms with Gasteiger partial charge in [-0.2, -0.15) is 15.3 Å². The maximum atomic E-state index is 4.10. The second-order valence-electron chi connectivity index (χ2n) is 4.56. The standard InChI is InChI=1S/C12H10N2.C5H8N2/c1-3-7-11(8-4-1)13-14-12-9-5-2-6-10-12;1-4-3-5(2)7-6-4/h1-10H;3H,1-2H3,(H,6,7). The fourth-order valence-electron chi connectivity index (χ4n) is 1.66. The Bertz CT molecular complexity index is 614. The Hall–Kier alpha value is -2.75. The van der Waals surface area contributed by atoms with E-state index in [4.69, 9.17) is 0 Å². The highest BCUT2D eigenvalue weighted by Gasteiger charge is 1.87. The summed E-state index contributed by atoms with van der Waals surface area (Å²) in [5.74, 6) is 0. The third kappa shape index (κ3) is 5.40. The largest absolute Gasteiger partial charge is 0.283 e. The first-order valence-corrected chi connectivity index (χ1v) is 6.74. The summed E-state index contributed by atoms with van der Waals surface area (Å²) in [6.07, 6.45) is 0. The van der Waals surface area contributed by atoms with Crippen molar-refractivity contribution in [3.05, 3.63) is 78.1 Å². The first kappa shape index (κ1) is 14.7. The lowest BCUT2D eigenvalue weighted by Gasteiger charge is -1.91. The number of nitrogens with zero attached hydrogens (tertiary/aromatic N) is 3. The predicted molar refractivity (Wildman–Crippen MR) is 85.1 cm³/mol. The van der Waals surface area contributed by atoms with Crippen molar-refractivity contribution in [1.82, 2.24) is 10.2 Å². The maximum Gasteiger partial charge on any atom is 0.0857 e. The molecule has 0 saturated carbocycles. The van der Waals surface area contributed by atoms with E-state index in [1.165, 1.54) is 0 Å². The van der Waals surface area contributed by atoms with Gasteiger partial charge in [-0.05, 0) is 44.2 Å². The van der Waals surface area contributed by atoms with Crippen LogP contribution >= 0.6 is 0 Å². The molecular weight excluding hydrogens is 260 g/mol. The second-order valence-corrected chi connectivity index (χ2v) is 4.56. The lowest BCUT2D eigenvalue weighted by atomic mass is 10.3. The highest BCUT2D eigenvalue weighted by atomic mass is 15.1. The predicted octanol–water partition coefficient (Wildman–Crippen LogP) is 5.13. The molecule has 3 aromatic rings. The average molecular weight is 278 g/mol. The SMILES string of the molecule is Cc1cc(C)[nH]n1.c1ccc(N=Nc2ccccc2)cc1. The van der Waals surface area contributed by atoms with Gasteiger partial charge in [-0.1, -0.05) is 36.4 Å². The molecular formula is C17H18N4. The first-order valence-electron chi connectivity index (χ1n) is 6.74. The van der Waals surface area contributed by atoms with Gasteiger partial charge >= 0.3 is 0 Å². The summed E-state index contributed by atoms with van der Waals surface area (Å²) < 4.78 is 0. The first-order chi connectivity index (χ1) is 10.2. The van der Waals surface area contributed by atoms with Crippen LogP contribution in [0.2, 0.25) is 0 Å². The molecule has 0 spiro atoms. The Labute approximate surface area is 124 Å². The minimum Gasteiger partial charge on any atom is -0.283 e. The third-order valence-corrected chi connectivity index (χ3v) is 2.63. The van der Waals surface area contributed by atoms with Gasteiger partial charge in [-0.15, -0.1) is 0 Å². The fourth-order valence-corrected chi connectivity index (χ4v) is 1.66. The number of aromatic nitrogens is 2. The average Bonchev–Trinajstić information content (AvgIpc) is 2.91. The molecule has 0 aliphatic rings. The van der Waals surface area contributed by atoms with Crippen molar-refractivity contribution >= 4 is 11.4 Å². The van der Waals surface area contributed by atoms with Crippen molar-refractivity contribution in [3.8, 4) is 0 Å². The van der Waals surface area contributed by atoms with Crippen LogP contribution in [0.4, 0.5) is 11.4 Å². The summed E-state index contributed by atoms with van der Waals surface area (Å²) >= 11 is 0. The van der Waals surface area contributed by atoms with Gasteiger partial charge in [0.15, 0.2) is 0 Å². The molecule has 1 N–H and O–H groups in total. The third-order valence-electron chi connectivity index (χ3n) is 2.63. The lowest BCUT2D eigenvalue weighted by Crippen LogP contribution is -1.68. The number of aryl methyl sites for hydroxylation is 2. The zero-order chi connectivity index (χ0) is 14.9. The van der Waals surface area contributed by atoms with E-state index in [9.17, 15) is 0 Å². The van der Waals surface area contributed by atoms with Crippen LogP contribution < -0.4 is 0 Å². The Morgan fingerprint density at radius 2 is 1.24 bits per heavy atom. The summed E-state index contributed by atoms with van der Waals surface area (Å²) in [6.45, 7) is 3.95. The highest BCUT2D eigenvalue weighted by molar-refractivity contribution is 5.39. The molecule has 4 heteroatoms. The van der Waals surface area contributed by atoms with E-state index in [0.29, 0.717) is 0 Å². The minimum atomic E-state index is 0.872. The number of nitrogens with one attached hydrogen (secondary N) is 1. The molecule has 0 fully saturated rings. The molecule has 1 aromatic heterocycles. The van der Waals surface area contributed by atoms with Crippen molar-refractivity contribution in [2.24, 2.45) is 10.2 Å². The van der Waals surface area contributed by atoms with Gasteiger partial charge in [0.25, 0.3) is 0 Å². The number of benzene rings is 2. The normalized spacial score (nSPS) is 10.2. The molecule has 0 amide bonds. The van der Waals surface area contributed by atoms with Gasteiger partial charge in [-0.3, -0.25) is 5.10 Å². The summed E-state index contributed by atoms with van der Waals surface area (Å²) in [4.78, 5) is 0. The van der Waals surface area contributed by atoms with Crippen LogP contribution in [0.3, 0.4) is 0 Å². The van der Waals surface area contributed by atoms with Crippen LogP contribution in [-0.4, -0.2) is 10.2 Å². The fraction of sp³-hybridized carbons (Fsp3) is 0.118. The molecule has 0 radical (unpaired) electrons. The molecule has 4 nitrogen and oxygen atoms in total. The topological polar surface area (TPSA) is 53.4 Å². The molecule has 0 unspecified atom stereocenters.